The third-order valence-electron chi connectivity index (χ3n) is 1.14. The second-order valence-corrected chi connectivity index (χ2v) is 2.76. The molecule has 62 valence electrons. The van der Waals surface area contributed by atoms with Gasteiger partial charge in [-0.15, -0.1) is 0 Å². The molecule has 0 aromatic heterocycles. The number of hydrogen-bond donors (Lipinski definition) is 0. The molecule has 0 fully saturated rings. The van der Waals surface area contributed by atoms with Gasteiger partial charge in [-0.2, -0.15) is 4.99 Å². The summed E-state index contributed by atoms with van der Waals surface area (Å²) >= 11 is 11.0. The largest absolute Gasteiger partial charge is 0.240 e. The minimum absolute atomic E-state index is 0.0108. The van der Waals surface area contributed by atoms with Crippen LogP contribution in [0.4, 0.5) is 10.1 Å². The summed E-state index contributed by atoms with van der Waals surface area (Å²) in [5.74, 6) is -0.740. The monoisotopic (exact) mass is 205 g/mol. The second-order valence-electron chi connectivity index (χ2n) is 1.92. The van der Waals surface area contributed by atoms with E-state index in [1.807, 2.05) is 0 Å². The second kappa shape index (κ2) is 3.68. The first-order valence-corrected chi connectivity index (χ1v) is 3.63. The Labute approximate surface area is 77.6 Å². The first-order valence-electron chi connectivity index (χ1n) is 2.87. The van der Waals surface area contributed by atoms with Gasteiger partial charge in [-0.05, 0) is 12.1 Å². The van der Waals surface area contributed by atoms with Crippen molar-refractivity contribution < 1.29 is 9.18 Å². The van der Waals surface area contributed by atoms with Crippen LogP contribution in [0.3, 0.4) is 0 Å². The number of hydrogen-bond acceptors (Lipinski definition) is 2. The molecular formula is C7H2Cl2FNO. The highest BCUT2D eigenvalue weighted by Crippen LogP contribution is 2.30. The molecule has 1 rings (SSSR count). The maximum absolute atomic E-state index is 12.9. The Bertz CT molecular complexity index is 337. The van der Waals surface area contributed by atoms with Crippen molar-refractivity contribution in [2.75, 3.05) is 0 Å². The summed E-state index contributed by atoms with van der Waals surface area (Å²) in [6, 6.07) is 2.31. The van der Waals surface area contributed by atoms with E-state index in [9.17, 15) is 9.18 Å². The van der Waals surface area contributed by atoms with E-state index in [0.717, 1.165) is 6.07 Å². The zero-order valence-corrected chi connectivity index (χ0v) is 7.16. The average molecular weight is 206 g/mol. The fraction of sp³-hybridized carbons (Fsp3) is 0. The zero-order chi connectivity index (χ0) is 9.14. The summed E-state index contributed by atoms with van der Waals surface area (Å²) in [7, 11) is 0. The van der Waals surface area contributed by atoms with Gasteiger partial charge in [-0.3, -0.25) is 0 Å². The maximum atomic E-state index is 12.9. The van der Waals surface area contributed by atoms with Crippen LogP contribution in [0, 0.1) is 5.82 Å². The van der Waals surface area contributed by atoms with E-state index in [-0.39, 0.29) is 15.7 Å². The van der Waals surface area contributed by atoms with Crippen molar-refractivity contribution in [2.45, 2.75) is 0 Å². The van der Waals surface area contributed by atoms with E-state index in [1.54, 1.807) is 0 Å². The molecule has 0 N–H and O–H groups in total. The van der Waals surface area contributed by atoms with Gasteiger partial charge in [-0.1, -0.05) is 23.2 Å². The summed E-state index contributed by atoms with van der Waals surface area (Å²) in [6.07, 6.45) is 1.19. The molecule has 0 heterocycles. The first kappa shape index (κ1) is 9.20. The normalized spacial score (nSPS) is 9.25. The van der Waals surface area contributed by atoms with Gasteiger partial charge in [0, 0.05) is 5.02 Å². The SMILES string of the molecule is O=C=Nc1c(F)cc(Cl)cc1Cl. The van der Waals surface area contributed by atoms with Gasteiger partial charge in [0.15, 0.2) is 5.82 Å². The lowest BCUT2D eigenvalue weighted by Gasteiger charge is -1.97. The standard InChI is InChI=1S/C7H2Cl2FNO/c8-4-1-5(9)7(11-3-12)6(10)2-4/h1-2H. The Balaban J connectivity index is 3.37. The van der Waals surface area contributed by atoms with Crippen molar-refractivity contribution in [3.63, 3.8) is 0 Å². The van der Waals surface area contributed by atoms with E-state index in [2.05, 4.69) is 4.99 Å². The summed E-state index contributed by atoms with van der Waals surface area (Å²) in [4.78, 5) is 12.9. The number of halogens is 3. The molecule has 0 saturated heterocycles. The van der Waals surface area contributed by atoms with E-state index in [4.69, 9.17) is 23.2 Å². The fourth-order valence-electron chi connectivity index (χ4n) is 0.687. The van der Waals surface area contributed by atoms with Crippen LogP contribution in [-0.4, -0.2) is 6.08 Å². The van der Waals surface area contributed by atoms with Crippen LogP contribution < -0.4 is 0 Å². The average Bonchev–Trinajstić information content (AvgIpc) is 1.96. The Kier molecular flexibility index (Phi) is 2.82. The number of rotatable bonds is 1. The summed E-state index contributed by atoms with van der Waals surface area (Å²) in [5, 5.41) is 0.144. The predicted octanol–water partition coefficient (Wildman–Crippen LogP) is 3.10. The van der Waals surface area contributed by atoms with E-state index < -0.39 is 5.82 Å². The molecule has 0 bridgehead atoms. The highest BCUT2D eigenvalue weighted by molar-refractivity contribution is 6.36. The number of nitrogens with zero attached hydrogens (tertiary/aromatic N) is 1. The molecule has 0 radical (unpaired) electrons. The van der Waals surface area contributed by atoms with Crippen molar-refractivity contribution in [2.24, 2.45) is 4.99 Å². The number of carbonyl (C=O) groups excluding carboxylic acids is 1. The maximum Gasteiger partial charge on any atom is 0.240 e. The number of benzene rings is 1. The van der Waals surface area contributed by atoms with Gasteiger partial charge >= 0.3 is 0 Å². The zero-order valence-electron chi connectivity index (χ0n) is 5.64. The molecule has 1 aromatic rings. The van der Waals surface area contributed by atoms with E-state index in [0.29, 0.717) is 0 Å². The van der Waals surface area contributed by atoms with Gasteiger partial charge in [-0.25, -0.2) is 9.18 Å². The first-order chi connectivity index (χ1) is 5.65. The van der Waals surface area contributed by atoms with E-state index >= 15 is 0 Å². The minimum Gasteiger partial charge on any atom is -0.211 e. The highest BCUT2D eigenvalue weighted by atomic mass is 35.5. The predicted molar refractivity (Wildman–Crippen MR) is 44.2 cm³/mol. The summed E-state index contributed by atoms with van der Waals surface area (Å²) < 4.78 is 12.9. The molecule has 0 amide bonds. The van der Waals surface area contributed by atoms with Crippen LogP contribution in [0.25, 0.3) is 0 Å². The van der Waals surface area contributed by atoms with Crippen molar-refractivity contribution >= 4 is 35.0 Å². The van der Waals surface area contributed by atoms with Gasteiger partial charge in [0.1, 0.15) is 5.69 Å². The summed E-state index contributed by atoms with van der Waals surface area (Å²) in [5.41, 5.74) is -0.240. The van der Waals surface area contributed by atoms with Crippen molar-refractivity contribution in [3.05, 3.63) is 28.0 Å². The van der Waals surface area contributed by atoms with Gasteiger partial charge in [0.25, 0.3) is 0 Å². The lowest BCUT2D eigenvalue weighted by Crippen LogP contribution is -1.77. The molecule has 0 saturated carbocycles. The smallest absolute Gasteiger partial charge is 0.211 e. The Morgan fingerprint density at radius 1 is 1.42 bits per heavy atom. The van der Waals surface area contributed by atoms with Crippen molar-refractivity contribution in [3.8, 4) is 0 Å². The molecule has 12 heavy (non-hydrogen) atoms. The van der Waals surface area contributed by atoms with E-state index in [1.165, 1.54) is 12.1 Å². The molecule has 0 unspecified atom stereocenters. The molecule has 0 atom stereocenters. The lowest BCUT2D eigenvalue weighted by molar-refractivity contribution is 0.564. The van der Waals surface area contributed by atoms with Crippen molar-refractivity contribution in [1.82, 2.24) is 0 Å². The number of aliphatic imine (C=N–C) groups is 1. The van der Waals surface area contributed by atoms with Gasteiger partial charge in [0.05, 0.1) is 5.02 Å². The lowest BCUT2D eigenvalue weighted by atomic mass is 10.3. The third kappa shape index (κ3) is 1.83. The topological polar surface area (TPSA) is 29.4 Å². The molecule has 0 spiro atoms. The van der Waals surface area contributed by atoms with Crippen LogP contribution in [0.2, 0.25) is 10.0 Å². The highest BCUT2D eigenvalue weighted by Gasteiger charge is 2.07. The Hall–Kier alpha value is -0.890. The van der Waals surface area contributed by atoms with Crippen molar-refractivity contribution in [1.29, 1.82) is 0 Å². The van der Waals surface area contributed by atoms with Gasteiger partial charge < -0.3 is 0 Å². The molecule has 0 aliphatic carbocycles. The van der Waals surface area contributed by atoms with Crippen LogP contribution in [0.5, 0.6) is 0 Å². The Morgan fingerprint density at radius 2 is 2.08 bits per heavy atom. The summed E-state index contributed by atoms with van der Waals surface area (Å²) in [6.45, 7) is 0. The van der Waals surface area contributed by atoms with Crippen LogP contribution in [0.1, 0.15) is 0 Å². The molecule has 1 aromatic carbocycles. The third-order valence-corrected chi connectivity index (χ3v) is 1.65. The quantitative estimate of drug-likeness (QED) is 0.512. The van der Waals surface area contributed by atoms with Gasteiger partial charge in [0.2, 0.25) is 6.08 Å². The molecule has 5 heteroatoms. The number of isocyanates is 1. The fourth-order valence-corrected chi connectivity index (χ4v) is 1.20. The molecular weight excluding hydrogens is 204 g/mol. The van der Waals surface area contributed by atoms with Crippen LogP contribution >= 0.6 is 23.2 Å². The molecule has 0 aliphatic rings. The molecule has 2 nitrogen and oxygen atoms in total. The molecule has 0 aliphatic heterocycles. The van der Waals surface area contributed by atoms with Crippen LogP contribution in [-0.2, 0) is 4.79 Å². The minimum atomic E-state index is -0.740. The van der Waals surface area contributed by atoms with Crippen LogP contribution in [0.15, 0.2) is 17.1 Å². The Morgan fingerprint density at radius 3 is 2.58 bits per heavy atom.